The molecule has 0 spiro atoms. The van der Waals surface area contributed by atoms with Gasteiger partial charge in [0.15, 0.2) is 0 Å². The molecule has 0 bridgehead atoms. The van der Waals surface area contributed by atoms with Crippen LogP contribution in [0.25, 0.3) is 0 Å². The highest BCUT2D eigenvalue weighted by Crippen LogP contribution is 2.23. The van der Waals surface area contributed by atoms with Crippen LogP contribution in [0.3, 0.4) is 0 Å². The van der Waals surface area contributed by atoms with Crippen LogP contribution >= 0.6 is 11.6 Å². The largest absolute Gasteiger partial charge is 0.395 e. The van der Waals surface area contributed by atoms with E-state index in [0.717, 1.165) is 18.8 Å². The zero-order chi connectivity index (χ0) is 11.1. The highest BCUT2D eigenvalue weighted by atomic mass is 35.5. The molecule has 90 valence electrons. The Hall–Kier alpha value is 0.210. The van der Waals surface area contributed by atoms with Gasteiger partial charge in [-0.15, -0.1) is 11.6 Å². The average molecular weight is 234 g/mol. The van der Waals surface area contributed by atoms with E-state index >= 15 is 0 Å². The second kappa shape index (κ2) is 7.48. The molecule has 1 fully saturated rings. The fourth-order valence-corrected chi connectivity index (χ4v) is 2.61. The Morgan fingerprint density at radius 3 is 2.67 bits per heavy atom. The van der Waals surface area contributed by atoms with Gasteiger partial charge in [0.25, 0.3) is 0 Å². The second-order valence-electron chi connectivity index (χ2n) is 4.66. The van der Waals surface area contributed by atoms with Crippen molar-refractivity contribution in [1.29, 1.82) is 0 Å². The van der Waals surface area contributed by atoms with Crippen molar-refractivity contribution >= 4 is 11.6 Å². The van der Waals surface area contributed by atoms with Gasteiger partial charge in [-0.3, -0.25) is 4.90 Å². The Morgan fingerprint density at radius 2 is 2.00 bits per heavy atom. The number of likely N-dealkylation sites (tertiary alicyclic amines) is 1. The number of alkyl halides is 1. The minimum Gasteiger partial charge on any atom is -0.395 e. The van der Waals surface area contributed by atoms with Gasteiger partial charge in [-0.1, -0.05) is 19.8 Å². The zero-order valence-electron chi connectivity index (χ0n) is 9.79. The number of aliphatic hydroxyl groups excluding tert-OH is 1. The lowest BCUT2D eigenvalue weighted by atomic mass is 10.0. The lowest BCUT2D eigenvalue weighted by Crippen LogP contribution is -2.35. The summed E-state index contributed by atoms with van der Waals surface area (Å²) in [5.74, 6) is 1.46. The smallest absolute Gasteiger partial charge is 0.0589 e. The van der Waals surface area contributed by atoms with Crippen molar-refractivity contribution in [2.45, 2.75) is 45.1 Å². The molecular formula is C12H24ClNO. The first-order valence-electron chi connectivity index (χ1n) is 6.20. The van der Waals surface area contributed by atoms with Crippen LogP contribution in [0.15, 0.2) is 0 Å². The van der Waals surface area contributed by atoms with Gasteiger partial charge in [0.2, 0.25) is 0 Å². The summed E-state index contributed by atoms with van der Waals surface area (Å²) in [6.07, 6.45) is 6.15. The average Bonchev–Trinajstić information content (AvgIpc) is 2.59. The molecule has 0 aromatic rings. The summed E-state index contributed by atoms with van der Waals surface area (Å²) in [6, 6.07) is 0.415. The molecule has 1 N–H and O–H groups in total. The van der Waals surface area contributed by atoms with Crippen molar-refractivity contribution in [3.05, 3.63) is 0 Å². The van der Waals surface area contributed by atoms with Crippen molar-refractivity contribution in [3.8, 4) is 0 Å². The lowest BCUT2D eigenvalue weighted by Gasteiger charge is -2.24. The molecule has 3 heteroatoms. The van der Waals surface area contributed by atoms with E-state index in [1.54, 1.807) is 0 Å². The number of nitrogens with zero attached hydrogens (tertiary/aromatic N) is 1. The van der Waals surface area contributed by atoms with Gasteiger partial charge in [0.1, 0.15) is 0 Å². The van der Waals surface area contributed by atoms with Gasteiger partial charge >= 0.3 is 0 Å². The van der Waals surface area contributed by atoms with Crippen molar-refractivity contribution < 1.29 is 5.11 Å². The molecule has 15 heavy (non-hydrogen) atoms. The fraction of sp³-hybridized carbons (Fsp3) is 1.00. The third-order valence-corrected chi connectivity index (χ3v) is 3.78. The maximum Gasteiger partial charge on any atom is 0.0589 e. The van der Waals surface area contributed by atoms with Gasteiger partial charge in [0.05, 0.1) is 6.61 Å². The van der Waals surface area contributed by atoms with E-state index in [1.165, 1.54) is 32.2 Å². The van der Waals surface area contributed by atoms with E-state index in [-0.39, 0.29) is 0 Å². The highest BCUT2D eigenvalue weighted by Gasteiger charge is 2.29. The third kappa shape index (κ3) is 4.29. The SMILES string of the molecule is CC1CCN(CCCCCCCl)C1CO. The Kier molecular flexibility index (Phi) is 6.62. The molecule has 2 nitrogen and oxygen atoms in total. The maximum absolute atomic E-state index is 9.29. The minimum absolute atomic E-state index is 0.322. The molecule has 1 heterocycles. The van der Waals surface area contributed by atoms with Crippen LogP contribution in [0.4, 0.5) is 0 Å². The third-order valence-electron chi connectivity index (χ3n) is 3.51. The van der Waals surface area contributed by atoms with Crippen molar-refractivity contribution in [3.63, 3.8) is 0 Å². The normalized spacial score (nSPS) is 27.4. The zero-order valence-corrected chi connectivity index (χ0v) is 10.5. The van der Waals surface area contributed by atoms with E-state index in [0.29, 0.717) is 18.6 Å². The van der Waals surface area contributed by atoms with Gasteiger partial charge < -0.3 is 5.11 Å². The van der Waals surface area contributed by atoms with Crippen LogP contribution in [0.1, 0.15) is 39.0 Å². The Labute approximate surface area is 98.6 Å². The summed E-state index contributed by atoms with van der Waals surface area (Å²) < 4.78 is 0. The molecule has 1 saturated heterocycles. The second-order valence-corrected chi connectivity index (χ2v) is 5.03. The van der Waals surface area contributed by atoms with Crippen LogP contribution in [-0.2, 0) is 0 Å². The molecule has 2 atom stereocenters. The number of hydrogen-bond donors (Lipinski definition) is 1. The summed E-state index contributed by atoms with van der Waals surface area (Å²) in [4.78, 5) is 2.45. The molecule has 1 aliphatic heterocycles. The predicted octanol–water partition coefficient (Wildman–Crippen LogP) is 2.49. The number of halogens is 1. The maximum atomic E-state index is 9.29. The monoisotopic (exact) mass is 233 g/mol. The highest BCUT2D eigenvalue weighted by molar-refractivity contribution is 6.17. The number of unbranched alkanes of at least 4 members (excludes halogenated alkanes) is 3. The number of hydrogen-bond acceptors (Lipinski definition) is 2. The molecule has 0 radical (unpaired) electrons. The molecule has 0 saturated carbocycles. The predicted molar refractivity (Wildman–Crippen MR) is 65.4 cm³/mol. The first-order valence-corrected chi connectivity index (χ1v) is 6.74. The standard InChI is InChI=1S/C12H24ClNO/c1-11-6-9-14(12(11)10-15)8-5-3-2-4-7-13/h11-12,15H,2-10H2,1H3. The molecule has 1 rings (SSSR count). The van der Waals surface area contributed by atoms with E-state index in [2.05, 4.69) is 11.8 Å². The summed E-state index contributed by atoms with van der Waals surface area (Å²) >= 11 is 5.63. The summed E-state index contributed by atoms with van der Waals surface area (Å²) in [6.45, 7) is 4.89. The first kappa shape index (κ1) is 13.3. The van der Waals surface area contributed by atoms with Crippen LogP contribution in [0.2, 0.25) is 0 Å². The van der Waals surface area contributed by atoms with Crippen LogP contribution in [0.5, 0.6) is 0 Å². The number of rotatable bonds is 7. The molecule has 0 aromatic carbocycles. The molecule has 0 aromatic heterocycles. The molecular weight excluding hydrogens is 210 g/mol. The Bertz CT molecular complexity index is 166. The Balaban J connectivity index is 2.10. The van der Waals surface area contributed by atoms with Gasteiger partial charge in [-0.05, 0) is 38.3 Å². The van der Waals surface area contributed by atoms with Gasteiger partial charge in [0, 0.05) is 11.9 Å². The lowest BCUT2D eigenvalue weighted by molar-refractivity contribution is 0.137. The molecule has 1 aliphatic rings. The van der Waals surface area contributed by atoms with Crippen LogP contribution in [0, 0.1) is 5.92 Å². The van der Waals surface area contributed by atoms with E-state index in [4.69, 9.17) is 11.6 Å². The summed E-state index contributed by atoms with van der Waals surface area (Å²) in [7, 11) is 0. The Morgan fingerprint density at radius 1 is 1.27 bits per heavy atom. The fourth-order valence-electron chi connectivity index (χ4n) is 2.42. The number of aliphatic hydroxyl groups is 1. The van der Waals surface area contributed by atoms with Crippen LogP contribution < -0.4 is 0 Å². The van der Waals surface area contributed by atoms with Crippen molar-refractivity contribution in [1.82, 2.24) is 4.90 Å². The quantitative estimate of drug-likeness (QED) is 0.540. The van der Waals surface area contributed by atoms with Gasteiger partial charge in [-0.25, -0.2) is 0 Å². The van der Waals surface area contributed by atoms with Crippen LogP contribution in [-0.4, -0.2) is 41.6 Å². The molecule has 2 unspecified atom stereocenters. The van der Waals surface area contributed by atoms with Gasteiger partial charge in [-0.2, -0.15) is 0 Å². The van der Waals surface area contributed by atoms with E-state index in [1.807, 2.05) is 0 Å². The first-order chi connectivity index (χ1) is 7.29. The molecule has 0 amide bonds. The minimum atomic E-state index is 0.322. The topological polar surface area (TPSA) is 23.5 Å². The summed E-state index contributed by atoms with van der Waals surface area (Å²) in [5.41, 5.74) is 0. The van der Waals surface area contributed by atoms with Crippen molar-refractivity contribution in [2.75, 3.05) is 25.6 Å². The summed E-state index contributed by atoms with van der Waals surface area (Å²) in [5, 5.41) is 9.29. The molecule has 0 aliphatic carbocycles. The van der Waals surface area contributed by atoms with E-state index < -0.39 is 0 Å². The van der Waals surface area contributed by atoms with E-state index in [9.17, 15) is 5.11 Å². The van der Waals surface area contributed by atoms with Crippen molar-refractivity contribution in [2.24, 2.45) is 5.92 Å².